The number of benzene rings is 1. The fourth-order valence-corrected chi connectivity index (χ4v) is 2.25. The second kappa shape index (κ2) is 7.27. The van der Waals surface area contributed by atoms with Crippen molar-refractivity contribution in [3.8, 4) is 0 Å². The van der Waals surface area contributed by atoms with Crippen molar-refractivity contribution in [2.45, 2.75) is 32.6 Å². The van der Waals surface area contributed by atoms with Crippen LogP contribution in [0.1, 0.15) is 47.9 Å². The predicted octanol–water partition coefficient (Wildman–Crippen LogP) is 3.55. The molecule has 0 saturated carbocycles. The van der Waals surface area contributed by atoms with Gasteiger partial charge in [-0.1, -0.05) is 44.0 Å². The van der Waals surface area contributed by atoms with Gasteiger partial charge < -0.3 is 5.32 Å². The third kappa shape index (κ3) is 4.33. The largest absolute Gasteiger partial charge is 0.350 e. The molecule has 2 N–H and O–H groups in total. The number of aryl methyl sites for hydroxylation is 1. The van der Waals surface area contributed by atoms with E-state index < -0.39 is 0 Å². The van der Waals surface area contributed by atoms with Crippen LogP contribution in [0.3, 0.4) is 0 Å². The fraction of sp³-hybridized carbons (Fsp3) is 0.375. The quantitative estimate of drug-likeness (QED) is 0.857. The first-order valence-electron chi connectivity index (χ1n) is 7.18. The molecule has 21 heavy (non-hydrogen) atoms. The highest BCUT2D eigenvalue weighted by molar-refractivity contribution is 6.30. The summed E-state index contributed by atoms with van der Waals surface area (Å²) in [6.07, 6.45) is 1.93. The second-order valence-corrected chi connectivity index (χ2v) is 5.63. The summed E-state index contributed by atoms with van der Waals surface area (Å²) in [7, 11) is 0. The van der Waals surface area contributed by atoms with Crippen molar-refractivity contribution in [3.63, 3.8) is 0 Å². The van der Waals surface area contributed by atoms with E-state index in [1.165, 1.54) is 0 Å². The van der Waals surface area contributed by atoms with Crippen molar-refractivity contribution in [2.24, 2.45) is 0 Å². The summed E-state index contributed by atoms with van der Waals surface area (Å²) >= 11 is 5.87. The standard InChI is InChI=1S/C16H20ClN3O/c1-3-4-14-9-15(20-19-14)16(21)18-10-11(2)12-5-7-13(17)8-6-12/h5-9,11H,3-4,10H2,1-2H3,(H,18,21)(H,19,20)/t11-/m0/s1. The lowest BCUT2D eigenvalue weighted by atomic mass is 10.0. The van der Waals surface area contributed by atoms with Gasteiger partial charge in [-0.15, -0.1) is 0 Å². The van der Waals surface area contributed by atoms with E-state index in [2.05, 4.69) is 29.4 Å². The third-order valence-electron chi connectivity index (χ3n) is 3.39. The van der Waals surface area contributed by atoms with Crippen LogP contribution in [-0.2, 0) is 6.42 Å². The van der Waals surface area contributed by atoms with Crippen molar-refractivity contribution in [1.29, 1.82) is 0 Å². The molecule has 1 aromatic carbocycles. The first-order chi connectivity index (χ1) is 10.1. The maximum atomic E-state index is 12.0. The number of nitrogens with zero attached hydrogens (tertiary/aromatic N) is 1. The second-order valence-electron chi connectivity index (χ2n) is 5.19. The Morgan fingerprint density at radius 1 is 1.38 bits per heavy atom. The van der Waals surface area contributed by atoms with E-state index in [0.29, 0.717) is 12.2 Å². The Hall–Kier alpha value is -1.81. The van der Waals surface area contributed by atoms with E-state index >= 15 is 0 Å². The fourth-order valence-electron chi connectivity index (χ4n) is 2.12. The molecule has 4 nitrogen and oxygen atoms in total. The molecule has 0 bridgehead atoms. The number of amides is 1. The van der Waals surface area contributed by atoms with E-state index in [-0.39, 0.29) is 11.8 Å². The molecule has 1 aromatic heterocycles. The lowest BCUT2D eigenvalue weighted by molar-refractivity contribution is 0.0946. The number of carbonyl (C=O) groups is 1. The van der Waals surface area contributed by atoms with Gasteiger partial charge in [0, 0.05) is 17.3 Å². The highest BCUT2D eigenvalue weighted by Gasteiger charge is 2.12. The number of rotatable bonds is 6. The molecule has 0 aliphatic heterocycles. The molecule has 1 heterocycles. The molecule has 0 aliphatic rings. The van der Waals surface area contributed by atoms with Gasteiger partial charge in [0.2, 0.25) is 0 Å². The summed E-state index contributed by atoms with van der Waals surface area (Å²) in [6.45, 7) is 4.72. The van der Waals surface area contributed by atoms with Gasteiger partial charge in [0.1, 0.15) is 5.69 Å². The van der Waals surface area contributed by atoms with Gasteiger partial charge in [-0.25, -0.2) is 0 Å². The van der Waals surface area contributed by atoms with Gasteiger partial charge in [0.15, 0.2) is 0 Å². The number of aromatic nitrogens is 2. The summed E-state index contributed by atoms with van der Waals surface area (Å²) < 4.78 is 0. The number of nitrogens with one attached hydrogen (secondary N) is 2. The van der Waals surface area contributed by atoms with Crippen LogP contribution >= 0.6 is 11.6 Å². The van der Waals surface area contributed by atoms with Crippen LogP contribution in [0.15, 0.2) is 30.3 Å². The molecular weight excluding hydrogens is 286 g/mol. The van der Waals surface area contributed by atoms with Crippen molar-refractivity contribution in [1.82, 2.24) is 15.5 Å². The lowest BCUT2D eigenvalue weighted by Crippen LogP contribution is -2.27. The molecule has 5 heteroatoms. The zero-order chi connectivity index (χ0) is 15.2. The number of hydrogen-bond acceptors (Lipinski definition) is 2. The zero-order valence-corrected chi connectivity index (χ0v) is 13.1. The summed E-state index contributed by atoms with van der Waals surface area (Å²) in [5, 5.41) is 10.6. The Labute approximate surface area is 129 Å². The number of halogens is 1. The Balaban J connectivity index is 1.89. The van der Waals surface area contributed by atoms with Crippen molar-refractivity contribution >= 4 is 17.5 Å². The van der Waals surface area contributed by atoms with Crippen LogP contribution < -0.4 is 5.32 Å². The van der Waals surface area contributed by atoms with Crippen molar-refractivity contribution < 1.29 is 4.79 Å². The Bertz CT molecular complexity index is 592. The highest BCUT2D eigenvalue weighted by Crippen LogP contribution is 2.17. The van der Waals surface area contributed by atoms with Crippen LogP contribution in [0.25, 0.3) is 0 Å². The molecular formula is C16H20ClN3O. The number of H-pyrrole nitrogens is 1. The van der Waals surface area contributed by atoms with Crippen molar-refractivity contribution in [2.75, 3.05) is 6.54 Å². The number of hydrogen-bond donors (Lipinski definition) is 2. The van der Waals surface area contributed by atoms with Crippen LogP contribution in [0.4, 0.5) is 0 Å². The van der Waals surface area contributed by atoms with Crippen LogP contribution in [-0.4, -0.2) is 22.6 Å². The molecule has 0 aliphatic carbocycles. The third-order valence-corrected chi connectivity index (χ3v) is 3.64. The first kappa shape index (κ1) is 15.6. The van der Waals surface area contributed by atoms with Crippen LogP contribution in [0.5, 0.6) is 0 Å². The van der Waals surface area contributed by atoms with Gasteiger partial charge in [-0.3, -0.25) is 9.89 Å². The summed E-state index contributed by atoms with van der Waals surface area (Å²) in [4.78, 5) is 12.0. The van der Waals surface area contributed by atoms with Crippen LogP contribution in [0.2, 0.25) is 5.02 Å². The number of aromatic amines is 1. The molecule has 1 amide bonds. The molecule has 0 fully saturated rings. The number of carbonyl (C=O) groups excluding carboxylic acids is 1. The maximum Gasteiger partial charge on any atom is 0.271 e. The van der Waals surface area contributed by atoms with Gasteiger partial charge in [-0.2, -0.15) is 5.10 Å². The maximum absolute atomic E-state index is 12.0. The molecule has 112 valence electrons. The van der Waals surface area contributed by atoms with Gasteiger partial charge in [-0.05, 0) is 36.1 Å². The van der Waals surface area contributed by atoms with E-state index in [4.69, 9.17) is 11.6 Å². The molecule has 0 saturated heterocycles. The van der Waals surface area contributed by atoms with Gasteiger partial charge in [0.05, 0.1) is 0 Å². The Morgan fingerprint density at radius 2 is 2.10 bits per heavy atom. The van der Waals surface area contributed by atoms with Gasteiger partial charge >= 0.3 is 0 Å². The summed E-state index contributed by atoms with van der Waals surface area (Å²) in [6, 6.07) is 9.49. The molecule has 0 radical (unpaired) electrons. The monoisotopic (exact) mass is 305 g/mol. The van der Waals surface area contributed by atoms with E-state index in [0.717, 1.165) is 29.1 Å². The summed E-state index contributed by atoms with van der Waals surface area (Å²) in [5.41, 5.74) is 2.59. The average Bonchev–Trinajstić information content (AvgIpc) is 2.94. The van der Waals surface area contributed by atoms with E-state index in [9.17, 15) is 4.79 Å². The lowest BCUT2D eigenvalue weighted by Gasteiger charge is -2.12. The molecule has 0 spiro atoms. The minimum Gasteiger partial charge on any atom is -0.350 e. The van der Waals surface area contributed by atoms with Crippen LogP contribution in [0, 0.1) is 0 Å². The predicted molar refractivity (Wildman–Crippen MR) is 84.8 cm³/mol. The first-order valence-corrected chi connectivity index (χ1v) is 7.56. The summed E-state index contributed by atoms with van der Waals surface area (Å²) in [5.74, 6) is 0.0784. The van der Waals surface area contributed by atoms with Gasteiger partial charge in [0.25, 0.3) is 5.91 Å². The van der Waals surface area contributed by atoms with E-state index in [1.54, 1.807) is 0 Å². The minimum atomic E-state index is -0.144. The SMILES string of the molecule is CCCc1cc(C(=O)NC[C@H](C)c2ccc(Cl)cc2)n[nH]1. The van der Waals surface area contributed by atoms with Crippen molar-refractivity contribution in [3.05, 3.63) is 52.3 Å². The van der Waals surface area contributed by atoms with E-state index in [1.807, 2.05) is 30.3 Å². The molecule has 1 atom stereocenters. The zero-order valence-electron chi connectivity index (χ0n) is 12.3. The molecule has 0 unspecified atom stereocenters. The normalized spacial score (nSPS) is 12.1. The average molecular weight is 306 g/mol. The topological polar surface area (TPSA) is 57.8 Å². The molecule has 2 rings (SSSR count). The highest BCUT2D eigenvalue weighted by atomic mass is 35.5. The Kier molecular flexibility index (Phi) is 5.39. The molecule has 2 aromatic rings. The smallest absolute Gasteiger partial charge is 0.271 e. The Morgan fingerprint density at radius 3 is 2.76 bits per heavy atom. The minimum absolute atomic E-state index is 0.144.